The molecule has 0 aliphatic carbocycles. The van der Waals surface area contributed by atoms with Gasteiger partial charge < -0.3 is 25.2 Å². The second kappa shape index (κ2) is 12.3. The minimum absolute atomic E-state index is 0.239. The molecule has 1 atom stereocenters. The highest BCUT2D eigenvalue weighted by molar-refractivity contribution is 6.36. The maximum Gasteiger partial charge on any atom is 0.407 e. The van der Waals surface area contributed by atoms with Gasteiger partial charge in [0.1, 0.15) is 23.2 Å². The van der Waals surface area contributed by atoms with E-state index in [-0.39, 0.29) is 11.0 Å². The van der Waals surface area contributed by atoms with Gasteiger partial charge >= 0.3 is 6.09 Å². The lowest BCUT2D eigenvalue weighted by Crippen LogP contribution is -2.48. The molecule has 1 aliphatic rings. The molecule has 0 spiro atoms. The van der Waals surface area contributed by atoms with Crippen molar-refractivity contribution in [2.45, 2.75) is 13.0 Å². The molecule has 1 aliphatic heterocycles. The fraction of sp³-hybridized carbons (Fsp3) is 0.171. The Balaban J connectivity index is 1.33. The molecule has 4 heterocycles. The van der Waals surface area contributed by atoms with Crippen molar-refractivity contribution in [1.29, 1.82) is 0 Å². The number of benzene rings is 3. The van der Waals surface area contributed by atoms with E-state index in [1.165, 1.54) is 23.5 Å². The number of halogens is 1. The first kappa shape index (κ1) is 30.0. The monoisotopic (exact) mass is 647 g/mol. The van der Waals surface area contributed by atoms with E-state index < -0.39 is 12.1 Å². The standard InChI is InChI=1S/C35H30ClN7O4/c1-21(40-33-29-27(44)14-15-37-32(29)38-20-39-33)31-30(36)26-9-5-8-25(28(26)34(45)43(31)24-6-3-2-4-7-24)22-10-12-23(13-11-22)41-16-18-42(19-17-41)35(46)47/h2-15,20-21H,16-19H2,1H3,(H,46,47)(H2,37,38,39,40,44). The average molecular weight is 648 g/mol. The third-order valence-electron chi connectivity index (χ3n) is 8.60. The Morgan fingerprint density at radius 2 is 1.64 bits per heavy atom. The van der Waals surface area contributed by atoms with Crippen LogP contribution >= 0.6 is 11.6 Å². The summed E-state index contributed by atoms with van der Waals surface area (Å²) in [6, 6.07) is 23.8. The SMILES string of the molecule is CC(Nc1ncnc2[nH]ccc(=O)c12)c1c(Cl)c2cccc(-c3ccc(N4CCN(C(=O)O)CC4)cc3)c2c(=O)n1-c1ccccc1. The Morgan fingerprint density at radius 1 is 0.894 bits per heavy atom. The van der Waals surface area contributed by atoms with Crippen LogP contribution in [0.2, 0.25) is 5.02 Å². The number of para-hydroxylation sites is 1. The minimum Gasteiger partial charge on any atom is -0.465 e. The number of pyridine rings is 2. The van der Waals surface area contributed by atoms with E-state index in [0.29, 0.717) is 70.2 Å². The second-order valence-electron chi connectivity index (χ2n) is 11.4. The van der Waals surface area contributed by atoms with Gasteiger partial charge in [0, 0.05) is 55.2 Å². The molecule has 3 aromatic heterocycles. The number of aromatic amines is 1. The van der Waals surface area contributed by atoms with Crippen LogP contribution in [0.15, 0.2) is 101 Å². The summed E-state index contributed by atoms with van der Waals surface area (Å²) >= 11 is 7.25. The van der Waals surface area contributed by atoms with Crippen molar-refractivity contribution in [1.82, 2.24) is 24.4 Å². The number of rotatable bonds is 6. The van der Waals surface area contributed by atoms with E-state index >= 15 is 0 Å². The summed E-state index contributed by atoms with van der Waals surface area (Å²) in [7, 11) is 0. The molecule has 7 rings (SSSR count). The number of carboxylic acid groups (broad SMARTS) is 1. The predicted octanol–water partition coefficient (Wildman–Crippen LogP) is 5.92. The van der Waals surface area contributed by atoms with Crippen molar-refractivity contribution >= 4 is 51.0 Å². The van der Waals surface area contributed by atoms with E-state index in [1.807, 2.05) is 79.7 Å². The number of aromatic nitrogens is 4. The van der Waals surface area contributed by atoms with Crippen molar-refractivity contribution in [3.05, 3.63) is 123 Å². The molecule has 0 radical (unpaired) electrons. The molecule has 3 N–H and O–H groups in total. The number of anilines is 2. The van der Waals surface area contributed by atoms with Crippen molar-refractivity contribution < 1.29 is 9.90 Å². The molecule has 1 saturated heterocycles. The van der Waals surface area contributed by atoms with Crippen molar-refractivity contribution in [3.8, 4) is 16.8 Å². The maximum absolute atomic E-state index is 14.7. The van der Waals surface area contributed by atoms with Gasteiger partial charge in [0.2, 0.25) is 0 Å². The Bertz CT molecular complexity index is 2240. The molecule has 1 fully saturated rings. The van der Waals surface area contributed by atoms with Gasteiger partial charge in [-0.25, -0.2) is 14.8 Å². The van der Waals surface area contributed by atoms with Crippen LogP contribution in [0.4, 0.5) is 16.3 Å². The Kier molecular flexibility index (Phi) is 7.82. The number of piperazine rings is 1. The first-order valence-corrected chi connectivity index (χ1v) is 15.5. The van der Waals surface area contributed by atoms with Gasteiger partial charge in [-0.2, -0.15) is 0 Å². The number of nitrogens with zero attached hydrogens (tertiary/aromatic N) is 5. The molecule has 1 amide bonds. The van der Waals surface area contributed by atoms with Crippen LogP contribution in [0, 0.1) is 0 Å². The van der Waals surface area contributed by atoms with Crippen LogP contribution in [0.5, 0.6) is 0 Å². The lowest BCUT2D eigenvalue weighted by atomic mass is 9.97. The quantitative estimate of drug-likeness (QED) is 0.203. The summed E-state index contributed by atoms with van der Waals surface area (Å²) in [6.45, 7) is 3.96. The van der Waals surface area contributed by atoms with Crippen LogP contribution in [-0.2, 0) is 0 Å². The zero-order valence-corrected chi connectivity index (χ0v) is 26.1. The van der Waals surface area contributed by atoms with Gasteiger partial charge in [-0.15, -0.1) is 0 Å². The molecule has 3 aromatic carbocycles. The Hall–Kier alpha value is -5.68. The molecule has 1 unspecified atom stereocenters. The van der Waals surface area contributed by atoms with Crippen molar-refractivity contribution in [2.75, 3.05) is 36.4 Å². The highest BCUT2D eigenvalue weighted by atomic mass is 35.5. The number of hydrogen-bond donors (Lipinski definition) is 3. The molecule has 6 aromatic rings. The summed E-state index contributed by atoms with van der Waals surface area (Å²) in [5.74, 6) is 0.325. The van der Waals surface area contributed by atoms with Gasteiger partial charge in [0.05, 0.1) is 22.1 Å². The highest BCUT2D eigenvalue weighted by Crippen LogP contribution is 2.37. The number of hydrogen-bond acceptors (Lipinski definition) is 7. The van der Waals surface area contributed by atoms with Gasteiger partial charge in [0.25, 0.3) is 5.56 Å². The highest BCUT2D eigenvalue weighted by Gasteiger charge is 2.25. The molecule has 11 nitrogen and oxygen atoms in total. The third kappa shape index (κ3) is 5.44. The molecule has 236 valence electrons. The number of H-pyrrole nitrogens is 1. The lowest BCUT2D eigenvalue weighted by Gasteiger charge is -2.34. The van der Waals surface area contributed by atoms with E-state index in [1.54, 1.807) is 4.57 Å². The van der Waals surface area contributed by atoms with Gasteiger partial charge in [-0.05, 0) is 42.3 Å². The minimum atomic E-state index is -0.901. The smallest absolute Gasteiger partial charge is 0.407 e. The maximum atomic E-state index is 14.7. The molecule has 12 heteroatoms. The third-order valence-corrected chi connectivity index (χ3v) is 9.00. The number of amides is 1. The molecule has 47 heavy (non-hydrogen) atoms. The fourth-order valence-corrected chi connectivity index (χ4v) is 6.68. The lowest BCUT2D eigenvalue weighted by molar-refractivity contribution is 0.142. The van der Waals surface area contributed by atoms with Gasteiger partial charge in [0.15, 0.2) is 5.43 Å². The number of fused-ring (bicyclic) bond motifs is 2. The first-order chi connectivity index (χ1) is 22.8. The molecule has 0 bridgehead atoms. The largest absolute Gasteiger partial charge is 0.465 e. The van der Waals surface area contributed by atoms with Crippen LogP contribution in [0.1, 0.15) is 18.7 Å². The first-order valence-electron chi connectivity index (χ1n) is 15.2. The second-order valence-corrected chi connectivity index (χ2v) is 11.7. The van der Waals surface area contributed by atoms with E-state index in [4.69, 9.17) is 11.6 Å². The van der Waals surface area contributed by atoms with E-state index in [0.717, 1.165) is 16.8 Å². The van der Waals surface area contributed by atoms with Crippen LogP contribution < -0.4 is 21.2 Å². The van der Waals surface area contributed by atoms with Crippen LogP contribution in [0.3, 0.4) is 0 Å². The number of nitrogens with one attached hydrogen (secondary N) is 2. The molecular weight excluding hydrogens is 618 g/mol. The van der Waals surface area contributed by atoms with Gasteiger partial charge in [-0.3, -0.25) is 14.2 Å². The van der Waals surface area contributed by atoms with E-state index in [9.17, 15) is 19.5 Å². The van der Waals surface area contributed by atoms with E-state index in [2.05, 4.69) is 25.2 Å². The summed E-state index contributed by atoms with van der Waals surface area (Å²) in [6.07, 6.45) is 2.00. The van der Waals surface area contributed by atoms with Crippen molar-refractivity contribution in [2.24, 2.45) is 0 Å². The van der Waals surface area contributed by atoms with Crippen LogP contribution in [-0.4, -0.2) is 61.8 Å². The van der Waals surface area contributed by atoms with Crippen molar-refractivity contribution in [3.63, 3.8) is 0 Å². The Labute approximate surface area is 273 Å². The predicted molar refractivity (Wildman–Crippen MR) is 184 cm³/mol. The summed E-state index contributed by atoms with van der Waals surface area (Å²) in [4.78, 5) is 53.8. The number of carbonyl (C=O) groups is 1. The normalized spacial score (nSPS) is 14.0. The summed E-state index contributed by atoms with van der Waals surface area (Å²) in [5, 5.41) is 14.4. The zero-order chi connectivity index (χ0) is 32.7. The fourth-order valence-electron chi connectivity index (χ4n) is 6.28. The molecular formula is C35H30ClN7O4. The topological polar surface area (TPSA) is 136 Å². The summed E-state index contributed by atoms with van der Waals surface area (Å²) in [5.41, 5.74) is 3.64. The van der Waals surface area contributed by atoms with Crippen LogP contribution in [0.25, 0.3) is 38.6 Å². The Morgan fingerprint density at radius 3 is 2.36 bits per heavy atom. The molecule has 0 saturated carbocycles. The summed E-state index contributed by atoms with van der Waals surface area (Å²) < 4.78 is 1.62. The zero-order valence-electron chi connectivity index (χ0n) is 25.4. The average Bonchev–Trinajstić information content (AvgIpc) is 3.10. The van der Waals surface area contributed by atoms with Gasteiger partial charge in [-0.1, -0.05) is 60.1 Å².